The van der Waals surface area contributed by atoms with E-state index in [1.54, 1.807) is 11.3 Å². The van der Waals surface area contributed by atoms with E-state index in [1.165, 1.54) is 51.3 Å². The topological polar surface area (TPSA) is 38.7 Å². The highest BCUT2D eigenvalue weighted by Gasteiger charge is 2.18. The minimum atomic E-state index is 0.657. The van der Waals surface area contributed by atoms with Gasteiger partial charge in [-0.2, -0.15) is 0 Å². The molecule has 0 amide bonds. The molecule has 0 bridgehead atoms. The number of rotatable bonds is 4. The monoisotopic (exact) mass is 647 g/mol. The molecule has 7 aromatic carbocycles. The summed E-state index contributed by atoms with van der Waals surface area (Å²) >= 11 is 3.65. The molecule has 0 saturated carbocycles. The third-order valence-electron chi connectivity index (χ3n) is 9.12. The molecule has 10 aromatic rings. The molecule has 0 radical (unpaired) electrons. The second-order valence-corrected chi connectivity index (χ2v) is 14.1. The molecule has 0 unspecified atom stereocenters. The van der Waals surface area contributed by atoms with E-state index in [1.807, 2.05) is 11.3 Å². The van der Waals surface area contributed by atoms with Gasteiger partial charge in [-0.15, -0.1) is 22.7 Å². The SMILES string of the molecule is c1cc(-c2nc(-c3ccc4ccccc4c3)nc(-c3cccc4sc5ccccc5c34)n2)cc(-c2cccc3c2sc2ccccc23)c1. The number of thiophene rings is 2. The fourth-order valence-corrected chi connectivity index (χ4v) is 9.21. The molecule has 3 aromatic heterocycles. The quantitative estimate of drug-likeness (QED) is 0.191. The van der Waals surface area contributed by atoms with Gasteiger partial charge in [0.05, 0.1) is 0 Å². The second kappa shape index (κ2) is 10.9. The van der Waals surface area contributed by atoms with Crippen molar-refractivity contribution in [3.05, 3.63) is 152 Å². The number of aromatic nitrogens is 3. The van der Waals surface area contributed by atoms with E-state index in [0.29, 0.717) is 17.5 Å². The third-order valence-corrected chi connectivity index (χ3v) is 11.5. The fraction of sp³-hybridized carbons (Fsp3) is 0. The van der Waals surface area contributed by atoms with Crippen LogP contribution in [0.5, 0.6) is 0 Å². The zero-order valence-electron chi connectivity index (χ0n) is 25.6. The maximum Gasteiger partial charge on any atom is 0.164 e. The lowest BCUT2D eigenvalue weighted by atomic mass is 10.0. The fourth-order valence-electron chi connectivity index (χ4n) is 6.84. The van der Waals surface area contributed by atoms with Gasteiger partial charge in [-0.05, 0) is 52.2 Å². The van der Waals surface area contributed by atoms with Gasteiger partial charge >= 0.3 is 0 Å². The first-order valence-corrected chi connectivity index (χ1v) is 17.6. The van der Waals surface area contributed by atoms with Crippen LogP contribution in [0.4, 0.5) is 0 Å². The van der Waals surface area contributed by atoms with Gasteiger partial charge in [0.15, 0.2) is 17.5 Å². The van der Waals surface area contributed by atoms with E-state index in [-0.39, 0.29) is 0 Å². The lowest BCUT2D eigenvalue weighted by Gasteiger charge is -2.11. The lowest BCUT2D eigenvalue weighted by Crippen LogP contribution is -2.00. The third kappa shape index (κ3) is 4.43. The summed E-state index contributed by atoms with van der Waals surface area (Å²) in [6.45, 7) is 0. The first-order valence-electron chi connectivity index (χ1n) is 15.9. The Morgan fingerprint density at radius 3 is 1.83 bits per heavy atom. The van der Waals surface area contributed by atoms with Crippen molar-refractivity contribution in [3.63, 3.8) is 0 Å². The van der Waals surface area contributed by atoms with E-state index in [2.05, 4.69) is 152 Å². The van der Waals surface area contributed by atoms with E-state index < -0.39 is 0 Å². The number of hydrogen-bond donors (Lipinski definition) is 0. The first kappa shape index (κ1) is 27.4. The molecule has 0 aliphatic carbocycles. The smallest absolute Gasteiger partial charge is 0.164 e. The maximum absolute atomic E-state index is 5.22. The van der Waals surface area contributed by atoms with Gasteiger partial charge in [-0.25, -0.2) is 15.0 Å². The van der Waals surface area contributed by atoms with Crippen LogP contribution < -0.4 is 0 Å². The molecule has 0 fully saturated rings. The van der Waals surface area contributed by atoms with Crippen molar-refractivity contribution in [1.82, 2.24) is 15.0 Å². The molecule has 10 rings (SSSR count). The molecule has 5 heteroatoms. The Bertz CT molecular complexity index is 2860. The van der Waals surface area contributed by atoms with Crippen LogP contribution in [0, 0.1) is 0 Å². The first-order chi connectivity index (χ1) is 23.8. The normalized spacial score (nSPS) is 11.8. The van der Waals surface area contributed by atoms with Gasteiger partial charge in [0.1, 0.15) is 0 Å². The van der Waals surface area contributed by atoms with Crippen LogP contribution in [-0.2, 0) is 0 Å². The zero-order valence-corrected chi connectivity index (χ0v) is 27.2. The Kier molecular flexibility index (Phi) is 6.22. The Labute approximate surface area is 284 Å². The molecule has 0 aliphatic heterocycles. The minimum absolute atomic E-state index is 0.657. The van der Waals surface area contributed by atoms with Gasteiger partial charge in [0, 0.05) is 57.0 Å². The predicted molar refractivity (Wildman–Crippen MR) is 205 cm³/mol. The van der Waals surface area contributed by atoms with E-state index >= 15 is 0 Å². The van der Waals surface area contributed by atoms with Gasteiger partial charge in [-0.1, -0.05) is 121 Å². The Hall–Kier alpha value is -5.75. The van der Waals surface area contributed by atoms with Gasteiger partial charge in [0.25, 0.3) is 0 Å². The van der Waals surface area contributed by atoms with Crippen molar-refractivity contribution in [2.75, 3.05) is 0 Å². The standard InChI is InChI=1S/C43H25N3S2/c1-2-11-27-24-30(23-22-26(27)10-1)42-44-41(45-43(46-42)35-18-9-21-38-39(35)34-15-4-6-20-37(34)47-38)29-13-7-12-28(25-29)31-16-8-17-33-32-14-3-5-19-36(32)48-40(31)33/h1-25H. The summed E-state index contributed by atoms with van der Waals surface area (Å²) in [6.07, 6.45) is 0. The van der Waals surface area contributed by atoms with Crippen LogP contribution in [0.1, 0.15) is 0 Å². The summed E-state index contributed by atoms with van der Waals surface area (Å²) in [7, 11) is 0. The van der Waals surface area contributed by atoms with E-state index in [4.69, 9.17) is 15.0 Å². The molecule has 0 atom stereocenters. The number of benzene rings is 7. The summed E-state index contributed by atoms with van der Waals surface area (Å²) in [6, 6.07) is 53.8. The number of hydrogen-bond acceptors (Lipinski definition) is 5. The van der Waals surface area contributed by atoms with Crippen LogP contribution in [0.3, 0.4) is 0 Å². The van der Waals surface area contributed by atoms with Crippen LogP contribution in [0.2, 0.25) is 0 Å². The number of fused-ring (bicyclic) bond motifs is 7. The van der Waals surface area contributed by atoms with Crippen molar-refractivity contribution in [3.8, 4) is 45.3 Å². The highest BCUT2D eigenvalue weighted by molar-refractivity contribution is 7.26. The minimum Gasteiger partial charge on any atom is -0.208 e. The molecule has 3 heterocycles. The highest BCUT2D eigenvalue weighted by atomic mass is 32.1. The van der Waals surface area contributed by atoms with Crippen molar-refractivity contribution in [2.45, 2.75) is 0 Å². The largest absolute Gasteiger partial charge is 0.208 e. The van der Waals surface area contributed by atoms with Gasteiger partial charge in [0.2, 0.25) is 0 Å². The van der Waals surface area contributed by atoms with Crippen LogP contribution in [0.25, 0.3) is 96.4 Å². The average Bonchev–Trinajstić information content (AvgIpc) is 3.73. The Morgan fingerprint density at radius 1 is 0.354 bits per heavy atom. The van der Waals surface area contributed by atoms with Crippen LogP contribution in [0.15, 0.2) is 152 Å². The van der Waals surface area contributed by atoms with E-state index in [0.717, 1.165) is 27.6 Å². The summed E-state index contributed by atoms with van der Waals surface area (Å²) in [5, 5.41) is 7.34. The van der Waals surface area contributed by atoms with E-state index in [9.17, 15) is 0 Å². The average molecular weight is 648 g/mol. The molecule has 0 saturated heterocycles. The predicted octanol–water partition coefficient (Wildman–Crippen LogP) is 12.4. The molecule has 0 spiro atoms. The Balaban J connectivity index is 1.19. The van der Waals surface area contributed by atoms with Crippen molar-refractivity contribution in [2.24, 2.45) is 0 Å². The van der Waals surface area contributed by atoms with Crippen molar-refractivity contribution in [1.29, 1.82) is 0 Å². The molecule has 224 valence electrons. The van der Waals surface area contributed by atoms with Crippen LogP contribution >= 0.6 is 22.7 Å². The summed E-state index contributed by atoms with van der Waals surface area (Å²) in [4.78, 5) is 15.5. The zero-order chi connectivity index (χ0) is 31.6. The summed E-state index contributed by atoms with van der Waals surface area (Å²) < 4.78 is 5.07. The molecule has 48 heavy (non-hydrogen) atoms. The van der Waals surface area contributed by atoms with Gasteiger partial charge in [-0.3, -0.25) is 0 Å². The Morgan fingerprint density at radius 2 is 0.958 bits per heavy atom. The summed E-state index contributed by atoms with van der Waals surface area (Å²) in [5.41, 5.74) is 5.30. The molecule has 3 nitrogen and oxygen atoms in total. The second-order valence-electron chi connectivity index (χ2n) is 12.0. The maximum atomic E-state index is 5.22. The molecule has 0 aliphatic rings. The molecule has 0 N–H and O–H groups in total. The lowest BCUT2D eigenvalue weighted by molar-refractivity contribution is 1.08. The number of nitrogens with zero attached hydrogens (tertiary/aromatic N) is 3. The van der Waals surface area contributed by atoms with Crippen molar-refractivity contribution < 1.29 is 0 Å². The van der Waals surface area contributed by atoms with Crippen LogP contribution in [-0.4, -0.2) is 15.0 Å². The van der Waals surface area contributed by atoms with Crippen molar-refractivity contribution >= 4 is 73.8 Å². The molecular weight excluding hydrogens is 623 g/mol. The highest BCUT2D eigenvalue weighted by Crippen LogP contribution is 2.42. The van der Waals surface area contributed by atoms with Gasteiger partial charge < -0.3 is 0 Å². The summed E-state index contributed by atoms with van der Waals surface area (Å²) in [5.74, 6) is 1.99. The molecular formula is C43H25N3S2.